The van der Waals surface area contributed by atoms with E-state index in [1.54, 1.807) is 6.92 Å². The largest absolute Gasteiger partial charge is 0.467 e. The van der Waals surface area contributed by atoms with Crippen LogP contribution in [-0.4, -0.2) is 65.4 Å². The Morgan fingerprint density at radius 2 is 1.73 bits per heavy atom. The lowest BCUT2D eigenvalue weighted by atomic mass is 9.58. The van der Waals surface area contributed by atoms with E-state index in [0.29, 0.717) is 12.3 Å². The maximum absolute atomic E-state index is 12.4. The van der Waals surface area contributed by atoms with Crippen LogP contribution in [0.3, 0.4) is 0 Å². The van der Waals surface area contributed by atoms with Gasteiger partial charge >= 0.3 is 11.9 Å². The normalized spacial score (nSPS) is 46.9. The lowest BCUT2D eigenvalue weighted by molar-refractivity contribution is -0.576. The van der Waals surface area contributed by atoms with Crippen molar-refractivity contribution in [2.75, 3.05) is 7.11 Å². The Bertz CT molecular complexity index is 699. The van der Waals surface area contributed by atoms with Crippen molar-refractivity contribution in [2.24, 2.45) is 23.7 Å². The van der Waals surface area contributed by atoms with Crippen LogP contribution in [0.5, 0.6) is 0 Å². The number of carbonyl (C=O) groups is 2. The molecule has 0 aromatic rings. The first-order valence-electron chi connectivity index (χ1n) is 10.5. The number of esters is 2. The summed E-state index contributed by atoms with van der Waals surface area (Å²) < 4.78 is 21.9. The van der Waals surface area contributed by atoms with Crippen molar-refractivity contribution in [1.29, 1.82) is 0 Å². The topological polar surface area (TPSA) is 130 Å². The van der Waals surface area contributed by atoms with Crippen molar-refractivity contribution in [3.05, 3.63) is 0 Å². The third kappa shape index (κ3) is 3.25. The lowest BCUT2D eigenvalue weighted by Crippen LogP contribution is -2.70. The van der Waals surface area contributed by atoms with Gasteiger partial charge in [-0.15, -0.1) is 0 Å². The number of rotatable bonds is 4. The zero-order chi connectivity index (χ0) is 21.8. The molecule has 170 valence electrons. The van der Waals surface area contributed by atoms with Gasteiger partial charge in [-0.25, -0.2) is 19.4 Å². The zero-order valence-corrected chi connectivity index (χ0v) is 17.6. The summed E-state index contributed by atoms with van der Waals surface area (Å²) in [6.07, 6.45) is -2.68. The minimum Gasteiger partial charge on any atom is -0.467 e. The Morgan fingerprint density at radius 3 is 2.43 bits per heavy atom. The predicted molar refractivity (Wildman–Crippen MR) is 96.9 cm³/mol. The van der Waals surface area contributed by atoms with Gasteiger partial charge < -0.3 is 29.2 Å². The standard InChI is InChI=1S/C20H30O10/c1-9-5-6-12-10(2)17(26-16(24)14(22)13(21)15(23)25-4)27-18-20(12)11(9)7-8-19(3,28-18)29-30-20/h9-14,17-18,21-22H,5-8H2,1-4H3/t9-,10-,11+,12+,13-,14-,17+,18-,19-,20-/m1/s1. The molecule has 5 rings (SSSR count). The van der Waals surface area contributed by atoms with Crippen molar-refractivity contribution < 1.29 is 48.5 Å². The molecule has 30 heavy (non-hydrogen) atoms. The highest BCUT2D eigenvalue weighted by atomic mass is 17.3. The highest BCUT2D eigenvalue weighted by molar-refractivity contribution is 5.85. The summed E-state index contributed by atoms with van der Waals surface area (Å²) in [4.78, 5) is 35.5. The van der Waals surface area contributed by atoms with Crippen molar-refractivity contribution in [2.45, 2.75) is 82.6 Å². The fourth-order valence-corrected chi connectivity index (χ4v) is 5.57. The van der Waals surface area contributed by atoms with E-state index in [-0.39, 0.29) is 17.8 Å². The number of hydrogen-bond donors (Lipinski definition) is 2. The smallest absolute Gasteiger partial charge is 0.340 e. The van der Waals surface area contributed by atoms with E-state index >= 15 is 0 Å². The van der Waals surface area contributed by atoms with Crippen LogP contribution in [0.15, 0.2) is 0 Å². The maximum atomic E-state index is 12.4. The molecule has 0 radical (unpaired) electrons. The molecule has 0 amide bonds. The second kappa shape index (κ2) is 7.68. The average Bonchev–Trinajstić information content (AvgIpc) is 2.96. The highest BCUT2D eigenvalue weighted by Gasteiger charge is 2.69. The van der Waals surface area contributed by atoms with Gasteiger partial charge in [-0.3, -0.25) is 0 Å². The summed E-state index contributed by atoms with van der Waals surface area (Å²) in [6, 6.07) is 0. The fourth-order valence-electron chi connectivity index (χ4n) is 5.57. The van der Waals surface area contributed by atoms with E-state index in [2.05, 4.69) is 11.7 Å². The molecule has 4 aliphatic heterocycles. The molecular weight excluding hydrogens is 400 g/mol. The molecule has 4 heterocycles. The van der Waals surface area contributed by atoms with Crippen LogP contribution in [0, 0.1) is 23.7 Å². The number of methoxy groups -OCH3 is 1. The molecule has 1 spiro atoms. The summed E-state index contributed by atoms with van der Waals surface area (Å²) in [5.41, 5.74) is -0.805. The Kier molecular flexibility index (Phi) is 5.61. The average molecular weight is 430 g/mol. The van der Waals surface area contributed by atoms with Gasteiger partial charge in [0.25, 0.3) is 0 Å². The molecule has 0 unspecified atom stereocenters. The molecule has 1 aliphatic carbocycles. The van der Waals surface area contributed by atoms with Gasteiger partial charge in [0.1, 0.15) is 0 Å². The van der Waals surface area contributed by atoms with Crippen LogP contribution in [0.1, 0.15) is 46.5 Å². The monoisotopic (exact) mass is 430 g/mol. The first-order valence-corrected chi connectivity index (χ1v) is 10.5. The van der Waals surface area contributed by atoms with Gasteiger partial charge in [-0.1, -0.05) is 13.8 Å². The molecule has 1 saturated carbocycles. The van der Waals surface area contributed by atoms with Crippen LogP contribution in [0.4, 0.5) is 0 Å². The van der Waals surface area contributed by atoms with Crippen molar-refractivity contribution in [3.63, 3.8) is 0 Å². The van der Waals surface area contributed by atoms with Crippen molar-refractivity contribution in [3.8, 4) is 0 Å². The van der Waals surface area contributed by atoms with E-state index in [1.807, 2.05) is 6.92 Å². The van der Waals surface area contributed by atoms with E-state index < -0.39 is 48.1 Å². The number of aliphatic hydroxyl groups excluding tert-OH is 2. The van der Waals surface area contributed by atoms with Crippen LogP contribution >= 0.6 is 0 Å². The second-order valence-corrected chi connectivity index (χ2v) is 9.12. The van der Waals surface area contributed by atoms with Gasteiger partial charge in [-0.2, -0.15) is 0 Å². The number of fused-ring (bicyclic) bond motifs is 2. The lowest BCUT2D eigenvalue weighted by Gasteiger charge is -2.59. The molecule has 4 saturated heterocycles. The Balaban J connectivity index is 1.57. The Morgan fingerprint density at radius 1 is 1.03 bits per heavy atom. The Hall–Kier alpha value is -1.30. The van der Waals surface area contributed by atoms with Crippen LogP contribution in [0.25, 0.3) is 0 Å². The predicted octanol–water partition coefficient (Wildman–Crippen LogP) is 0.632. The fraction of sp³-hybridized carbons (Fsp3) is 0.900. The molecule has 0 aromatic heterocycles. The molecule has 2 bridgehead atoms. The summed E-state index contributed by atoms with van der Waals surface area (Å²) in [6.45, 7) is 5.86. The van der Waals surface area contributed by atoms with Crippen molar-refractivity contribution >= 4 is 11.9 Å². The van der Waals surface area contributed by atoms with E-state index in [9.17, 15) is 19.8 Å². The van der Waals surface area contributed by atoms with Crippen LogP contribution in [0.2, 0.25) is 0 Å². The summed E-state index contributed by atoms with van der Waals surface area (Å²) in [7, 11) is 1.04. The minimum atomic E-state index is -2.09. The molecule has 0 aromatic carbocycles. The maximum Gasteiger partial charge on any atom is 0.340 e. The van der Waals surface area contributed by atoms with E-state index in [4.69, 9.17) is 24.0 Å². The number of hydrogen-bond acceptors (Lipinski definition) is 10. The zero-order valence-electron chi connectivity index (χ0n) is 17.6. The molecule has 2 N–H and O–H groups in total. The Labute approximate surface area is 174 Å². The van der Waals surface area contributed by atoms with Gasteiger partial charge in [0.05, 0.1) is 7.11 Å². The third-order valence-corrected chi connectivity index (χ3v) is 7.31. The van der Waals surface area contributed by atoms with Gasteiger partial charge in [0.2, 0.25) is 12.1 Å². The SMILES string of the molecule is COC(=O)[C@H](O)[C@@H](O)C(=O)O[C@H]1O[C@@H]2O[C@@]3(C)CC[C@H]4[C@H](C)CC[C@@H]([C@H]1C)[C@@]24OO3. The number of aliphatic hydroxyl groups is 2. The second-order valence-electron chi connectivity index (χ2n) is 9.12. The summed E-state index contributed by atoms with van der Waals surface area (Å²) in [5, 5.41) is 19.7. The van der Waals surface area contributed by atoms with Crippen LogP contribution < -0.4 is 0 Å². The number of ether oxygens (including phenoxy) is 4. The summed E-state index contributed by atoms with van der Waals surface area (Å²) in [5.74, 6) is -3.09. The third-order valence-electron chi connectivity index (χ3n) is 7.31. The van der Waals surface area contributed by atoms with Crippen LogP contribution in [-0.2, 0) is 38.3 Å². The van der Waals surface area contributed by atoms with Crippen molar-refractivity contribution in [1.82, 2.24) is 0 Å². The van der Waals surface area contributed by atoms with Gasteiger partial charge in [0, 0.05) is 18.3 Å². The molecule has 10 heteroatoms. The highest BCUT2D eigenvalue weighted by Crippen LogP contribution is 2.60. The molecular formula is C20H30O10. The van der Waals surface area contributed by atoms with E-state index in [1.165, 1.54) is 0 Å². The van der Waals surface area contributed by atoms with Gasteiger partial charge in [-0.05, 0) is 38.0 Å². The van der Waals surface area contributed by atoms with E-state index in [0.717, 1.165) is 26.4 Å². The van der Waals surface area contributed by atoms with Gasteiger partial charge in [0.15, 0.2) is 24.1 Å². The molecule has 10 atom stereocenters. The first kappa shape index (κ1) is 21.9. The molecule has 5 aliphatic rings. The molecule has 5 fully saturated rings. The number of carbonyl (C=O) groups excluding carboxylic acids is 2. The quantitative estimate of drug-likeness (QED) is 0.484. The molecule has 10 nitrogen and oxygen atoms in total. The summed E-state index contributed by atoms with van der Waals surface area (Å²) >= 11 is 0. The first-order chi connectivity index (χ1) is 14.1. The minimum absolute atomic E-state index is 0.0689.